The summed E-state index contributed by atoms with van der Waals surface area (Å²) >= 11 is 0. The fourth-order valence-electron chi connectivity index (χ4n) is 2.91. The zero-order valence-corrected chi connectivity index (χ0v) is 14.3. The molecule has 1 heterocycles. The molecule has 0 unspecified atom stereocenters. The lowest BCUT2D eigenvalue weighted by Crippen LogP contribution is -2.46. The largest absolute Gasteiger partial charge is 0.355 e. The van der Waals surface area contributed by atoms with Gasteiger partial charge in [0.25, 0.3) is 5.91 Å². The van der Waals surface area contributed by atoms with Crippen molar-refractivity contribution in [3.05, 3.63) is 35.9 Å². The molecule has 0 spiro atoms. The predicted molar refractivity (Wildman–Crippen MR) is 91.3 cm³/mol. The Morgan fingerprint density at radius 3 is 2.42 bits per heavy atom. The Bertz CT molecular complexity index is 597. The highest BCUT2D eigenvalue weighted by atomic mass is 16.2. The third-order valence-corrected chi connectivity index (χ3v) is 4.56. The van der Waals surface area contributed by atoms with Gasteiger partial charge in [-0.25, -0.2) is 4.79 Å². The highest BCUT2D eigenvalue weighted by Crippen LogP contribution is 2.24. The number of carbonyl (C=O) groups excluding carboxylic acids is 3. The standard InChI is InChI=1S/C18H25N3O3/c1-3-18(4-2)16(23)21(17(24)20-18)13-15(22)19-12-8-11-14-9-6-5-7-10-14/h5-7,9-10H,3-4,8,11-13H2,1-2H3,(H,19,22)(H,20,24). The molecule has 1 aliphatic rings. The maximum atomic E-state index is 12.4. The van der Waals surface area contributed by atoms with Crippen LogP contribution in [-0.4, -0.2) is 41.4 Å². The van der Waals surface area contributed by atoms with Crippen molar-refractivity contribution in [2.24, 2.45) is 0 Å². The number of amides is 4. The van der Waals surface area contributed by atoms with Gasteiger partial charge < -0.3 is 10.6 Å². The first-order valence-corrected chi connectivity index (χ1v) is 8.47. The molecule has 2 rings (SSSR count). The van der Waals surface area contributed by atoms with E-state index in [4.69, 9.17) is 0 Å². The first kappa shape index (κ1) is 18.0. The van der Waals surface area contributed by atoms with Crippen molar-refractivity contribution in [1.82, 2.24) is 15.5 Å². The Morgan fingerprint density at radius 1 is 1.17 bits per heavy atom. The summed E-state index contributed by atoms with van der Waals surface area (Å²) < 4.78 is 0. The number of hydrogen-bond acceptors (Lipinski definition) is 3. The van der Waals surface area contributed by atoms with Crippen LogP contribution in [0.15, 0.2) is 30.3 Å². The van der Waals surface area contributed by atoms with E-state index in [1.165, 1.54) is 5.56 Å². The molecule has 2 N–H and O–H groups in total. The van der Waals surface area contributed by atoms with E-state index in [0.717, 1.165) is 17.7 Å². The van der Waals surface area contributed by atoms with Crippen LogP contribution in [0.3, 0.4) is 0 Å². The van der Waals surface area contributed by atoms with Crippen LogP contribution in [-0.2, 0) is 16.0 Å². The Labute approximate surface area is 142 Å². The minimum atomic E-state index is -0.856. The van der Waals surface area contributed by atoms with E-state index in [9.17, 15) is 14.4 Å². The molecular formula is C18H25N3O3. The number of carbonyl (C=O) groups is 3. The number of rotatable bonds is 8. The van der Waals surface area contributed by atoms with Crippen molar-refractivity contribution in [2.75, 3.05) is 13.1 Å². The second-order valence-corrected chi connectivity index (χ2v) is 6.05. The lowest BCUT2D eigenvalue weighted by molar-refractivity contribution is -0.135. The summed E-state index contributed by atoms with van der Waals surface area (Å²) in [5.74, 6) is -0.619. The lowest BCUT2D eigenvalue weighted by atomic mass is 9.93. The van der Waals surface area contributed by atoms with Crippen LogP contribution < -0.4 is 10.6 Å². The molecule has 0 saturated carbocycles. The van der Waals surface area contributed by atoms with Gasteiger partial charge in [-0.05, 0) is 31.2 Å². The van der Waals surface area contributed by atoms with Crippen molar-refractivity contribution in [3.8, 4) is 0 Å². The molecule has 0 bridgehead atoms. The van der Waals surface area contributed by atoms with Gasteiger partial charge in [0.2, 0.25) is 5.91 Å². The first-order valence-electron chi connectivity index (χ1n) is 8.47. The highest BCUT2D eigenvalue weighted by Gasteiger charge is 2.49. The number of aryl methyl sites for hydroxylation is 1. The van der Waals surface area contributed by atoms with Crippen LogP contribution in [0.4, 0.5) is 4.79 Å². The summed E-state index contributed by atoms with van der Waals surface area (Å²) in [5.41, 5.74) is 0.363. The summed E-state index contributed by atoms with van der Waals surface area (Å²) in [7, 11) is 0. The minimum Gasteiger partial charge on any atom is -0.355 e. The maximum Gasteiger partial charge on any atom is 0.325 e. The fourth-order valence-corrected chi connectivity index (χ4v) is 2.91. The number of imide groups is 1. The van der Waals surface area contributed by atoms with Crippen LogP contribution in [0.5, 0.6) is 0 Å². The topological polar surface area (TPSA) is 78.5 Å². The molecule has 1 aliphatic heterocycles. The number of benzene rings is 1. The molecule has 1 fully saturated rings. The van der Waals surface area contributed by atoms with Crippen LogP contribution in [0.1, 0.15) is 38.7 Å². The second kappa shape index (κ2) is 7.95. The number of urea groups is 1. The molecule has 24 heavy (non-hydrogen) atoms. The van der Waals surface area contributed by atoms with Crippen molar-refractivity contribution in [3.63, 3.8) is 0 Å². The molecule has 4 amide bonds. The molecule has 6 nitrogen and oxygen atoms in total. The van der Waals surface area contributed by atoms with Crippen LogP contribution >= 0.6 is 0 Å². The molecule has 0 aliphatic carbocycles. The second-order valence-electron chi connectivity index (χ2n) is 6.05. The van der Waals surface area contributed by atoms with E-state index in [0.29, 0.717) is 19.4 Å². The molecule has 0 aromatic heterocycles. The predicted octanol–water partition coefficient (Wildman–Crippen LogP) is 1.85. The summed E-state index contributed by atoms with van der Waals surface area (Å²) in [6.45, 7) is 4.01. The Morgan fingerprint density at radius 2 is 1.83 bits per heavy atom. The summed E-state index contributed by atoms with van der Waals surface area (Å²) in [6.07, 6.45) is 2.72. The van der Waals surface area contributed by atoms with Crippen molar-refractivity contribution < 1.29 is 14.4 Å². The molecule has 6 heteroatoms. The zero-order valence-electron chi connectivity index (χ0n) is 14.3. The van der Waals surface area contributed by atoms with Gasteiger partial charge in [-0.2, -0.15) is 0 Å². The summed E-state index contributed by atoms with van der Waals surface area (Å²) in [4.78, 5) is 37.4. The summed E-state index contributed by atoms with van der Waals surface area (Å²) in [5, 5.41) is 5.49. The quantitative estimate of drug-likeness (QED) is 0.564. The summed E-state index contributed by atoms with van der Waals surface area (Å²) in [6, 6.07) is 9.55. The maximum absolute atomic E-state index is 12.4. The van der Waals surface area contributed by atoms with Gasteiger partial charge in [-0.3, -0.25) is 14.5 Å². The van der Waals surface area contributed by atoms with Gasteiger partial charge in [0.15, 0.2) is 0 Å². The first-order chi connectivity index (χ1) is 11.5. The Kier molecular flexibility index (Phi) is 5.95. The number of hydrogen-bond donors (Lipinski definition) is 2. The Balaban J connectivity index is 1.78. The number of nitrogens with one attached hydrogen (secondary N) is 2. The van der Waals surface area contributed by atoms with E-state index in [-0.39, 0.29) is 18.4 Å². The van der Waals surface area contributed by atoms with Crippen molar-refractivity contribution >= 4 is 17.8 Å². The third-order valence-electron chi connectivity index (χ3n) is 4.56. The molecule has 1 saturated heterocycles. The van der Waals surface area contributed by atoms with Crippen molar-refractivity contribution in [2.45, 2.75) is 45.1 Å². The smallest absolute Gasteiger partial charge is 0.325 e. The lowest BCUT2D eigenvalue weighted by Gasteiger charge is -2.23. The van der Waals surface area contributed by atoms with Gasteiger partial charge in [0.1, 0.15) is 12.1 Å². The number of nitrogens with zero attached hydrogens (tertiary/aromatic N) is 1. The van der Waals surface area contributed by atoms with Gasteiger partial charge >= 0.3 is 6.03 Å². The van der Waals surface area contributed by atoms with E-state index in [2.05, 4.69) is 10.6 Å². The van der Waals surface area contributed by atoms with E-state index in [1.54, 1.807) is 0 Å². The Hall–Kier alpha value is -2.37. The van der Waals surface area contributed by atoms with Gasteiger partial charge in [-0.1, -0.05) is 44.2 Å². The van der Waals surface area contributed by atoms with Crippen LogP contribution in [0, 0.1) is 0 Å². The van der Waals surface area contributed by atoms with Gasteiger partial charge in [0.05, 0.1) is 0 Å². The van der Waals surface area contributed by atoms with Crippen LogP contribution in [0.2, 0.25) is 0 Å². The van der Waals surface area contributed by atoms with E-state index < -0.39 is 11.6 Å². The van der Waals surface area contributed by atoms with Gasteiger partial charge in [-0.15, -0.1) is 0 Å². The monoisotopic (exact) mass is 331 g/mol. The highest BCUT2D eigenvalue weighted by molar-refractivity contribution is 6.08. The van der Waals surface area contributed by atoms with E-state index in [1.807, 2.05) is 44.2 Å². The average Bonchev–Trinajstić information content (AvgIpc) is 2.84. The normalized spacial score (nSPS) is 16.2. The zero-order chi connectivity index (χ0) is 17.6. The molecule has 0 atom stereocenters. The molecule has 1 aromatic carbocycles. The van der Waals surface area contributed by atoms with Crippen molar-refractivity contribution in [1.29, 1.82) is 0 Å². The minimum absolute atomic E-state index is 0.224. The van der Waals surface area contributed by atoms with E-state index >= 15 is 0 Å². The average molecular weight is 331 g/mol. The molecule has 130 valence electrons. The third kappa shape index (κ3) is 3.93. The van der Waals surface area contributed by atoms with Gasteiger partial charge in [0, 0.05) is 6.54 Å². The van der Waals surface area contributed by atoms with Crippen LogP contribution in [0.25, 0.3) is 0 Å². The fraction of sp³-hybridized carbons (Fsp3) is 0.500. The molecule has 0 radical (unpaired) electrons. The molecule has 1 aromatic rings. The molecular weight excluding hydrogens is 306 g/mol. The SMILES string of the molecule is CCC1(CC)NC(=O)N(CC(=O)NCCCc2ccccc2)C1=O.